The number of Topliss-reactive ketones (excluding diaryl/α,β-unsaturated/α-hetero) is 1. The fourth-order valence-electron chi connectivity index (χ4n) is 1.48. The van der Waals surface area contributed by atoms with E-state index in [2.05, 4.69) is 13.8 Å². The first-order chi connectivity index (χ1) is 8.54. The van der Waals surface area contributed by atoms with Crippen LogP contribution in [-0.4, -0.2) is 40.2 Å². The number of rotatable bonds is 7. The van der Waals surface area contributed by atoms with Gasteiger partial charge in [-0.1, -0.05) is 38.1 Å². The summed E-state index contributed by atoms with van der Waals surface area (Å²) < 4.78 is 0. The van der Waals surface area contributed by atoms with Gasteiger partial charge in [-0.15, -0.1) is 0 Å². The highest BCUT2D eigenvalue weighted by molar-refractivity contribution is 8.00. The highest BCUT2D eigenvalue weighted by Gasteiger charge is 2.08. The lowest BCUT2D eigenvalue weighted by molar-refractivity contribution is 0.102. The normalized spacial score (nSPS) is 12.7. The van der Waals surface area contributed by atoms with Crippen molar-refractivity contribution in [1.82, 2.24) is 0 Å². The van der Waals surface area contributed by atoms with Gasteiger partial charge in [0.2, 0.25) is 0 Å². The molecule has 0 radical (unpaired) electrons. The zero-order valence-electron chi connectivity index (χ0n) is 10.8. The zero-order chi connectivity index (χ0) is 13.5. The summed E-state index contributed by atoms with van der Waals surface area (Å²) in [5.74, 6) is 1.23. The van der Waals surface area contributed by atoms with Crippen molar-refractivity contribution in [3.8, 4) is 0 Å². The standard InChI is InChI=1S/C14H20O3S/c1-10(2)11-3-5-12(6-4-11)14(17)9-18-8-13(16)7-15/h3-6,10,13,15-16H,7-9H2,1-2H3. The van der Waals surface area contributed by atoms with Gasteiger partial charge < -0.3 is 10.2 Å². The monoisotopic (exact) mass is 268 g/mol. The molecular formula is C14H20O3S. The minimum atomic E-state index is -0.744. The number of ketones is 1. The predicted molar refractivity (Wildman–Crippen MR) is 75.3 cm³/mol. The molecule has 0 heterocycles. The molecule has 4 heteroatoms. The first kappa shape index (κ1) is 15.2. The molecule has 1 aromatic rings. The van der Waals surface area contributed by atoms with E-state index in [-0.39, 0.29) is 12.4 Å². The van der Waals surface area contributed by atoms with E-state index in [1.807, 2.05) is 24.3 Å². The van der Waals surface area contributed by atoms with Crippen molar-refractivity contribution in [3.05, 3.63) is 35.4 Å². The van der Waals surface area contributed by atoms with Gasteiger partial charge in [-0.25, -0.2) is 0 Å². The maximum Gasteiger partial charge on any atom is 0.172 e. The molecule has 0 saturated heterocycles. The van der Waals surface area contributed by atoms with Crippen molar-refractivity contribution >= 4 is 17.5 Å². The highest BCUT2D eigenvalue weighted by atomic mass is 32.2. The van der Waals surface area contributed by atoms with Crippen molar-refractivity contribution in [1.29, 1.82) is 0 Å². The summed E-state index contributed by atoms with van der Waals surface area (Å²) in [5.41, 5.74) is 1.92. The lowest BCUT2D eigenvalue weighted by Gasteiger charge is -2.07. The summed E-state index contributed by atoms with van der Waals surface area (Å²) in [7, 11) is 0. The molecule has 1 atom stereocenters. The number of hydrogen-bond donors (Lipinski definition) is 2. The Bertz CT molecular complexity index is 373. The lowest BCUT2D eigenvalue weighted by atomic mass is 10.0. The topological polar surface area (TPSA) is 57.5 Å². The van der Waals surface area contributed by atoms with Gasteiger partial charge >= 0.3 is 0 Å². The molecule has 1 unspecified atom stereocenters. The molecule has 1 aromatic carbocycles. The summed E-state index contributed by atoms with van der Waals surface area (Å²) in [6.07, 6.45) is -0.744. The molecule has 100 valence electrons. The molecule has 3 nitrogen and oxygen atoms in total. The summed E-state index contributed by atoms with van der Waals surface area (Å²) in [4.78, 5) is 11.8. The van der Waals surface area contributed by atoms with Crippen molar-refractivity contribution in [2.45, 2.75) is 25.9 Å². The van der Waals surface area contributed by atoms with Crippen LogP contribution in [0.1, 0.15) is 35.7 Å². The molecule has 0 aliphatic rings. The molecule has 18 heavy (non-hydrogen) atoms. The van der Waals surface area contributed by atoms with Crippen molar-refractivity contribution in [2.75, 3.05) is 18.1 Å². The van der Waals surface area contributed by atoms with Crippen LogP contribution in [0.3, 0.4) is 0 Å². The van der Waals surface area contributed by atoms with E-state index in [4.69, 9.17) is 10.2 Å². The Hall–Kier alpha value is -0.840. The van der Waals surface area contributed by atoms with Crippen molar-refractivity contribution < 1.29 is 15.0 Å². The number of aliphatic hydroxyl groups excluding tert-OH is 2. The van der Waals surface area contributed by atoms with Gasteiger partial charge in [0.15, 0.2) is 5.78 Å². The molecule has 2 N–H and O–H groups in total. The van der Waals surface area contributed by atoms with Crippen LogP contribution in [0.5, 0.6) is 0 Å². The third-order valence-electron chi connectivity index (χ3n) is 2.65. The second-order valence-corrected chi connectivity index (χ2v) is 5.58. The maximum atomic E-state index is 11.8. The third kappa shape index (κ3) is 4.80. The van der Waals surface area contributed by atoms with E-state index in [9.17, 15) is 4.79 Å². The molecule has 0 fully saturated rings. The number of hydrogen-bond acceptors (Lipinski definition) is 4. The van der Waals surface area contributed by atoms with Gasteiger partial charge in [0, 0.05) is 11.3 Å². The van der Waals surface area contributed by atoms with E-state index in [1.54, 1.807) is 0 Å². The number of carbonyl (C=O) groups excluding carboxylic acids is 1. The number of carbonyl (C=O) groups is 1. The zero-order valence-corrected chi connectivity index (χ0v) is 11.6. The van der Waals surface area contributed by atoms with Crippen molar-refractivity contribution in [2.24, 2.45) is 0 Å². The largest absolute Gasteiger partial charge is 0.394 e. The smallest absolute Gasteiger partial charge is 0.172 e. The number of thioether (sulfide) groups is 1. The molecular weight excluding hydrogens is 248 g/mol. The van der Waals surface area contributed by atoms with Gasteiger partial charge in [-0.2, -0.15) is 11.8 Å². The highest BCUT2D eigenvalue weighted by Crippen LogP contribution is 2.16. The van der Waals surface area contributed by atoms with E-state index in [1.165, 1.54) is 17.3 Å². The van der Waals surface area contributed by atoms with Crippen molar-refractivity contribution in [3.63, 3.8) is 0 Å². The molecule has 0 aliphatic heterocycles. The Morgan fingerprint density at radius 2 is 1.89 bits per heavy atom. The molecule has 0 aliphatic carbocycles. The summed E-state index contributed by atoms with van der Waals surface area (Å²) in [6, 6.07) is 7.65. The predicted octanol–water partition coefficient (Wildman–Crippen LogP) is 2.08. The van der Waals surface area contributed by atoms with E-state index < -0.39 is 6.10 Å². The van der Waals surface area contributed by atoms with Crippen LogP contribution in [0.2, 0.25) is 0 Å². The van der Waals surface area contributed by atoms with Crippen LogP contribution in [0.4, 0.5) is 0 Å². The van der Waals surface area contributed by atoms with Crippen LogP contribution in [0.25, 0.3) is 0 Å². The van der Waals surface area contributed by atoms with Crippen LogP contribution in [-0.2, 0) is 0 Å². The van der Waals surface area contributed by atoms with Gasteiger partial charge in [-0.05, 0) is 11.5 Å². The SMILES string of the molecule is CC(C)c1ccc(C(=O)CSCC(O)CO)cc1. The lowest BCUT2D eigenvalue weighted by Crippen LogP contribution is -2.16. The molecule has 0 spiro atoms. The average Bonchev–Trinajstić information content (AvgIpc) is 2.38. The molecule has 0 saturated carbocycles. The molecule has 0 amide bonds. The molecule has 0 aromatic heterocycles. The minimum Gasteiger partial charge on any atom is -0.394 e. The van der Waals surface area contributed by atoms with Crippen LogP contribution >= 0.6 is 11.8 Å². The summed E-state index contributed by atoms with van der Waals surface area (Å²) >= 11 is 1.34. The average molecular weight is 268 g/mol. The van der Waals surface area contributed by atoms with E-state index >= 15 is 0 Å². The Morgan fingerprint density at radius 3 is 2.39 bits per heavy atom. The fourth-order valence-corrected chi connectivity index (χ4v) is 2.33. The first-order valence-electron chi connectivity index (χ1n) is 6.04. The Morgan fingerprint density at radius 1 is 1.28 bits per heavy atom. The van der Waals surface area contributed by atoms with Gasteiger partial charge in [0.1, 0.15) is 0 Å². The van der Waals surface area contributed by atoms with Crippen LogP contribution in [0, 0.1) is 0 Å². The van der Waals surface area contributed by atoms with E-state index in [0.717, 1.165) is 0 Å². The van der Waals surface area contributed by atoms with E-state index in [0.29, 0.717) is 23.0 Å². The number of aliphatic hydroxyl groups is 2. The van der Waals surface area contributed by atoms with Gasteiger partial charge in [-0.3, -0.25) is 4.79 Å². The minimum absolute atomic E-state index is 0.0560. The third-order valence-corrected chi connectivity index (χ3v) is 3.74. The van der Waals surface area contributed by atoms with Crippen LogP contribution in [0.15, 0.2) is 24.3 Å². The van der Waals surface area contributed by atoms with Gasteiger partial charge in [0.25, 0.3) is 0 Å². The summed E-state index contributed by atoms with van der Waals surface area (Å²) in [5, 5.41) is 17.8. The molecule has 1 rings (SSSR count). The second-order valence-electron chi connectivity index (χ2n) is 4.55. The Labute approximate surface area is 112 Å². The molecule has 0 bridgehead atoms. The summed E-state index contributed by atoms with van der Waals surface area (Å²) in [6.45, 7) is 3.97. The maximum absolute atomic E-state index is 11.8. The van der Waals surface area contributed by atoms with Crippen LogP contribution < -0.4 is 0 Å². The first-order valence-corrected chi connectivity index (χ1v) is 7.20. The van der Waals surface area contributed by atoms with Gasteiger partial charge in [0.05, 0.1) is 18.5 Å². The Kier molecular flexibility index (Phi) is 6.39. The second kappa shape index (κ2) is 7.56. The Balaban J connectivity index is 2.46. The fraction of sp³-hybridized carbons (Fsp3) is 0.500. The number of benzene rings is 1. The quantitative estimate of drug-likeness (QED) is 0.743.